The van der Waals surface area contributed by atoms with E-state index >= 15 is 0 Å². The van der Waals surface area contributed by atoms with E-state index in [1.54, 1.807) is 42.5 Å². The largest absolute Gasteiger partial charge is 0.507 e. The van der Waals surface area contributed by atoms with Crippen LogP contribution in [0.25, 0.3) is 0 Å². The van der Waals surface area contributed by atoms with Crippen LogP contribution in [0.3, 0.4) is 0 Å². The molecule has 3 N–H and O–H groups in total. The number of carbonyl (C=O) groups excluding carboxylic acids is 1. The second kappa shape index (κ2) is 7.29. The smallest absolute Gasteiger partial charge is 0.336 e. The molecule has 0 aliphatic carbocycles. The summed E-state index contributed by atoms with van der Waals surface area (Å²) < 4.78 is 0. The summed E-state index contributed by atoms with van der Waals surface area (Å²) in [5.41, 5.74) is 1.28. The number of aromatic carboxylic acids is 1. The van der Waals surface area contributed by atoms with Crippen molar-refractivity contribution in [2.45, 2.75) is 0 Å². The Morgan fingerprint density at radius 1 is 0.808 bits per heavy atom. The molecular formula is C20H14ClNO4. The van der Waals surface area contributed by atoms with E-state index in [9.17, 15) is 19.8 Å². The molecule has 6 heteroatoms. The number of halogens is 1. The minimum absolute atomic E-state index is 0.0220. The van der Waals surface area contributed by atoms with E-state index in [0.29, 0.717) is 10.7 Å². The van der Waals surface area contributed by atoms with Crippen LogP contribution in [0.15, 0.2) is 66.7 Å². The highest BCUT2D eigenvalue weighted by atomic mass is 35.5. The molecule has 0 fully saturated rings. The van der Waals surface area contributed by atoms with Crippen LogP contribution < -0.4 is 5.32 Å². The molecule has 130 valence electrons. The molecule has 0 bridgehead atoms. The Kier molecular flexibility index (Phi) is 4.91. The van der Waals surface area contributed by atoms with E-state index in [4.69, 9.17) is 11.6 Å². The number of carboxylic acids is 1. The van der Waals surface area contributed by atoms with E-state index in [1.165, 1.54) is 24.3 Å². The maximum absolute atomic E-state index is 12.6. The zero-order valence-electron chi connectivity index (χ0n) is 13.4. The maximum Gasteiger partial charge on any atom is 0.336 e. The quantitative estimate of drug-likeness (QED) is 0.568. The van der Waals surface area contributed by atoms with E-state index in [2.05, 4.69) is 5.32 Å². The van der Waals surface area contributed by atoms with Crippen LogP contribution in [0, 0.1) is 0 Å². The molecule has 3 rings (SSSR count). The summed E-state index contributed by atoms with van der Waals surface area (Å²) in [6, 6.07) is 17.4. The Morgan fingerprint density at radius 3 is 2.04 bits per heavy atom. The van der Waals surface area contributed by atoms with Gasteiger partial charge in [-0.25, -0.2) is 4.79 Å². The molecule has 5 nitrogen and oxygen atoms in total. The van der Waals surface area contributed by atoms with Crippen molar-refractivity contribution in [1.29, 1.82) is 0 Å². The molecule has 0 aliphatic heterocycles. The predicted molar refractivity (Wildman–Crippen MR) is 99.7 cm³/mol. The van der Waals surface area contributed by atoms with Crippen molar-refractivity contribution in [1.82, 2.24) is 0 Å². The SMILES string of the molecule is O=C(O)c1ccccc1C(=O)c1ccc(Nc2ccc(Cl)cc2)cc1O. The number of phenols is 1. The first-order valence-electron chi connectivity index (χ1n) is 7.68. The van der Waals surface area contributed by atoms with Crippen LogP contribution in [0.4, 0.5) is 11.4 Å². The molecule has 26 heavy (non-hydrogen) atoms. The summed E-state index contributed by atoms with van der Waals surface area (Å²) in [5, 5.41) is 23.2. The van der Waals surface area contributed by atoms with Gasteiger partial charge in [0.05, 0.1) is 11.1 Å². The number of anilines is 2. The van der Waals surface area contributed by atoms with Gasteiger partial charge in [0.1, 0.15) is 5.75 Å². The molecule has 0 radical (unpaired) electrons. The summed E-state index contributed by atoms with van der Waals surface area (Å²) in [6.45, 7) is 0. The fourth-order valence-corrected chi connectivity index (χ4v) is 2.64. The Hall–Kier alpha value is -3.31. The Bertz CT molecular complexity index is 983. The summed E-state index contributed by atoms with van der Waals surface area (Å²) in [4.78, 5) is 23.9. The molecule has 0 heterocycles. The molecule has 0 saturated heterocycles. The second-order valence-corrected chi connectivity index (χ2v) is 5.98. The molecular weight excluding hydrogens is 354 g/mol. The van der Waals surface area contributed by atoms with Gasteiger partial charge in [0.2, 0.25) is 0 Å². The first-order valence-corrected chi connectivity index (χ1v) is 8.06. The average molecular weight is 368 g/mol. The number of carbonyl (C=O) groups is 2. The fourth-order valence-electron chi connectivity index (χ4n) is 2.51. The van der Waals surface area contributed by atoms with Gasteiger partial charge >= 0.3 is 5.97 Å². The van der Waals surface area contributed by atoms with Crippen molar-refractivity contribution in [3.05, 3.63) is 88.4 Å². The molecule has 0 aromatic heterocycles. The first-order chi connectivity index (χ1) is 12.5. The normalized spacial score (nSPS) is 10.3. The highest BCUT2D eigenvalue weighted by Crippen LogP contribution is 2.28. The number of hydrogen-bond acceptors (Lipinski definition) is 4. The third-order valence-electron chi connectivity index (χ3n) is 3.78. The van der Waals surface area contributed by atoms with E-state index in [-0.39, 0.29) is 22.4 Å². The zero-order chi connectivity index (χ0) is 18.7. The number of nitrogens with one attached hydrogen (secondary N) is 1. The Morgan fingerprint density at radius 2 is 1.42 bits per heavy atom. The average Bonchev–Trinajstić information content (AvgIpc) is 2.63. The Labute approximate surface area is 154 Å². The highest BCUT2D eigenvalue weighted by molar-refractivity contribution is 6.30. The van der Waals surface area contributed by atoms with E-state index < -0.39 is 11.8 Å². The van der Waals surface area contributed by atoms with Gasteiger partial charge in [-0.1, -0.05) is 29.8 Å². The van der Waals surface area contributed by atoms with Gasteiger partial charge in [0.25, 0.3) is 0 Å². The van der Waals surface area contributed by atoms with Crippen molar-refractivity contribution >= 4 is 34.7 Å². The van der Waals surface area contributed by atoms with Gasteiger partial charge in [-0.05, 0) is 42.5 Å². The number of phenolic OH excluding ortho intramolecular Hbond substituents is 1. The predicted octanol–water partition coefficient (Wildman–Crippen LogP) is 4.72. The van der Waals surface area contributed by atoms with Crippen molar-refractivity contribution in [2.75, 3.05) is 5.32 Å². The van der Waals surface area contributed by atoms with Gasteiger partial charge < -0.3 is 15.5 Å². The number of ketones is 1. The van der Waals surface area contributed by atoms with Crippen molar-refractivity contribution in [3.63, 3.8) is 0 Å². The standard InChI is InChI=1S/C20H14ClNO4/c21-12-5-7-13(8-6-12)22-14-9-10-17(18(23)11-14)19(24)15-3-1-2-4-16(15)20(25)26/h1-11,22-23H,(H,25,26). The highest BCUT2D eigenvalue weighted by Gasteiger charge is 2.20. The third kappa shape index (κ3) is 3.68. The van der Waals surface area contributed by atoms with Crippen LogP contribution >= 0.6 is 11.6 Å². The summed E-state index contributed by atoms with van der Waals surface area (Å²) in [5.74, 6) is -2.00. The van der Waals surface area contributed by atoms with Crippen LogP contribution in [-0.2, 0) is 0 Å². The Balaban J connectivity index is 1.89. The molecule has 0 aliphatic rings. The lowest BCUT2D eigenvalue weighted by molar-refractivity contribution is 0.0692. The van der Waals surface area contributed by atoms with Crippen molar-refractivity contribution < 1.29 is 19.8 Å². The number of aromatic hydroxyl groups is 1. The lowest BCUT2D eigenvalue weighted by atomic mass is 9.97. The summed E-state index contributed by atoms with van der Waals surface area (Å²) in [6.07, 6.45) is 0. The van der Waals surface area contributed by atoms with E-state index in [1.807, 2.05) is 0 Å². The lowest BCUT2D eigenvalue weighted by Crippen LogP contribution is -2.09. The van der Waals surface area contributed by atoms with Crippen LogP contribution in [0.2, 0.25) is 5.02 Å². The first kappa shape index (κ1) is 17.5. The second-order valence-electron chi connectivity index (χ2n) is 5.54. The minimum atomic E-state index is -1.20. The molecule has 3 aromatic carbocycles. The molecule has 0 unspecified atom stereocenters. The van der Waals surface area contributed by atoms with Gasteiger partial charge in [-0.15, -0.1) is 0 Å². The van der Waals surface area contributed by atoms with Crippen molar-refractivity contribution in [2.24, 2.45) is 0 Å². The van der Waals surface area contributed by atoms with Crippen molar-refractivity contribution in [3.8, 4) is 5.75 Å². The third-order valence-corrected chi connectivity index (χ3v) is 4.03. The molecule has 0 atom stereocenters. The summed E-state index contributed by atoms with van der Waals surface area (Å²) in [7, 11) is 0. The lowest BCUT2D eigenvalue weighted by Gasteiger charge is -2.10. The molecule has 0 amide bonds. The monoisotopic (exact) mass is 367 g/mol. The van der Waals surface area contributed by atoms with Gasteiger partial charge in [-0.2, -0.15) is 0 Å². The van der Waals surface area contributed by atoms with Crippen LogP contribution in [-0.4, -0.2) is 22.0 Å². The summed E-state index contributed by atoms with van der Waals surface area (Å²) >= 11 is 5.84. The number of rotatable bonds is 5. The van der Waals surface area contributed by atoms with Gasteiger partial charge in [0.15, 0.2) is 5.78 Å². The molecule has 0 spiro atoms. The molecule has 0 saturated carbocycles. The molecule has 3 aromatic rings. The van der Waals surface area contributed by atoms with E-state index in [0.717, 1.165) is 5.69 Å². The zero-order valence-corrected chi connectivity index (χ0v) is 14.2. The topological polar surface area (TPSA) is 86.6 Å². The maximum atomic E-state index is 12.6. The fraction of sp³-hybridized carbons (Fsp3) is 0. The number of benzene rings is 3. The van der Waals surface area contributed by atoms with Gasteiger partial charge in [0, 0.05) is 28.0 Å². The van der Waals surface area contributed by atoms with Crippen LogP contribution in [0.1, 0.15) is 26.3 Å². The minimum Gasteiger partial charge on any atom is -0.507 e. The van der Waals surface area contributed by atoms with Crippen LogP contribution in [0.5, 0.6) is 5.75 Å². The number of hydrogen-bond donors (Lipinski definition) is 3. The number of carboxylic acid groups (broad SMARTS) is 1. The van der Waals surface area contributed by atoms with Gasteiger partial charge in [-0.3, -0.25) is 4.79 Å².